The zero-order chi connectivity index (χ0) is 7.49. The number of hydrogen-bond donors (Lipinski definition) is 2. The molecule has 4 heteroatoms. The molecule has 0 aromatic carbocycles. The van der Waals surface area contributed by atoms with Crippen molar-refractivity contribution in [2.45, 2.75) is 18.9 Å². The van der Waals surface area contributed by atoms with E-state index in [-0.39, 0.29) is 6.42 Å². The summed E-state index contributed by atoms with van der Waals surface area (Å²) in [4.78, 5) is 19.9. The van der Waals surface area contributed by atoms with Crippen molar-refractivity contribution in [3.05, 3.63) is 0 Å². The van der Waals surface area contributed by atoms with E-state index in [9.17, 15) is 9.59 Å². The van der Waals surface area contributed by atoms with E-state index in [4.69, 9.17) is 10.8 Å². The van der Waals surface area contributed by atoms with Gasteiger partial charge in [0.1, 0.15) is 11.8 Å². The van der Waals surface area contributed by atoms with Crippen LogP contribution in [0.3, 0.4) is 0 Å². The van der Waals surface area contributed by atoms with Crippen LogP contribution in [0.25, 0.3) is 0 Å². The molecule has 0 aliphatic rings. The minimum absolute atomic E-state index is 0.150. The fourth-order valence-electron chi connectivity index (χ4n) is 0.260. The number of carbonyl (C=O) groups is 2. The molecule has 0 aliphatic carbocycles. The van der Waals surface area contributed by atoms with Gasteiger partial charge in [0.05, 0.1) is 0 Å². The molecule has 0 heterocycles. The molecule has 0 spiro atoms. The maximum atomic E-state index is 10.1. The third-order valence-electron chi connectivity index (χ3n) is 0.996. The number of aldehydes is 1. The second kappa shape index (κ2) is 2.59. The molecule has 0 rings (SSSR count). The van der Waals surface area contributed by atoms with Gasteiger partial charge in [-0.05, 0) is 6.92 Å². The van der Waals surface area contributed by atoms with E-state index in [0.717, 1.165) is 0 Å². The van der Waals surface area contributed by atoms with Crippen LogP contribution in [0.4, 0.5) is 0 Å². The van der Waals surface area contributed by atoms with Gasteiger partial charge in [0.25, 0.3) is 0 Å². The summed E-state index contributed by atoms with van der Waals surface area (Å²) in [6.45, 7) is 1.30. The third kappa shape index (κ3) is 2.23. The summed E-state index contributed by atoms with van der Waals surface area (Å²) in [5.74, 6) is -1.16. The van der Waals surface area contributed by atoms with Gasteiger partial charge < -0.3 is 15.6 Å². The molecule has 0 aromatic heterocycles. The van der Waals surface area contributed by atoms with Gasteiger partial charge in [-0.1, -0.05) is 0 Å². The Morgan fingerprint density at radius 3 is 2.44 bits per heavy atom. The highest BCUT2D eigenvalue weighted by atomic mass is 16.4. The van der Waals surface area contributed by atoms with E-state index in [1.807, 2.05) is 0 Å². The fourth-order valence-corrected chi connectivity index (χ4v) is 0.260. The zero-order valence-electron chi connectivity index (χ0n) is 5.13. The molecule has 0 saturated heterocycles. The third-order valence-corrected chi connectivity index (χ3v) is 0.996. The van der Waals surface area contributed by atoms with Gasteiger partial charge in [-0.25, -0.2) is 0 Å². The van der Waals surface area contributed by atoms with Crippen molar-refractivity contribution in [3.8, 4) is 0 Å². The number of aliphatic carboxylic acids is 1. The highest BCUT2D eigenvalue weighted by molar-refractivity contribution is 5.81. The molecule has 0 saturated carbocycles. The first-order valence-corrected chi connectivity index (χ1v) is 2.46. The van der Waals surface area contributed by atoms with Crippen molar-refractivity contribution in [1.29, 1.82) is 0 Å². The van der Waals surface area contributed by atoms with Crippen molar-refractivity contribution < 1.29 is 14.7 Å². The number of carboxylic acids is 1. The fraction of sp³-hybridized carbons (Fsp3) is 0.600. The maximum absolute atomic E-state index is 10.1. The maximum Gasteiger partial charge on any atom is 0.323 e. The molecule has 1 atom stereocenters. The molecule has 0 fully saturated rings. The second-order valence-corrected chi connectivity index (χ2v) is 2.09. The lowest BCUT2D eigenvalue weighted by Gasteiger charge is -2.14. The van der Waals surface area contributed by atoms with Crippen LogP contribution in [-0.4, -0.2) is 22.9 Å². The minimum Gasteiger partial charge on any atom is -0.480 e. The predicted octanol–water partition coefficient (Wildman–Crippen LogP) is -0.623. The van der Waals surface area contributed by atoms with Gasteiger partial charge in [0, 0.05) is 6.42 Å². The van der Waals surface area contributed by atoms with Gasteiger partial charge in [-0.15, -0.1) is 0 Å². The SMILES string of the molecule is CC(N)(CC=O)C(=O)O. The summed E-state index contributed by atoms with van der Waals surface area (Å²) in [7, 11) is 0. The van der Waals surface area contributed by atoms with Gasteiger partial charge in [0.15, 0.2) is 0 Å². The van der Waals surface area contributed by atoms with Crippen molar-refractivity contribution in [3.63, 3.8) is 0 Å². The van der Waals surface area contributed by atoms with Crippen molar-refractivity contribution in [1.82, 2.24) is 0 Å². The first-order valence-electron chi connectivity index (χ1n) is 2.46. The lowest BCUT2D eigenvalue weighted by Crippen LogP contribution is -2.44. The normalized spacial score (nSPS) is 16.2. The molecule has 1 unspecified atom stereocenters. The van der Waals surface area contributed by atoms with Crippen molar-refractivity contribution in [2.75, 3.05) is 0 Å². The molecule has 3 N–H and O–H groups in total. The second-order valence-electron chi connectivity index (χ2n) is 2.09. The van der Waals surface area contributed by atoms with E-state index in [1.165, 1.54) is 6.92 Å². The average Bonchev–Trinajstić information content (AvgIpc) is 1.65. The standard InChI is InChI=1S/C5H9NO3/c1-5(6,2-3-7)4(8)9/h3H,2,6H2,1H3,(H,8,9). The highest BCUT2D eigenvalue weighted by Gasteiger charge is 2.26. The molecule has 0 bridgehead atoms. The van der Waals surface area contributed by atoms with E-state index >= 15 is 0 Å². The van der Waals surface area contributed by atoms with Gasteiger partial charge in [-0.3, -0.25) is 4.79 Å². The molecule has 0 aliphatic heterocycles. The molecule has 4 nitrogen and oxygen atoms in total. The predicted molar refractivity (Wildman–Crippen MR) is 30.9 cm³/mol. The molecule has 9 heavy (non-hydrogen) atoms. The lowest BCUT2D eigenvalue weighted by atomic mass is 10.0. The van der Waals surface area contributed by atoms with E-state index in [0.29, 0.717) is 6.29 Å². The Balaban J connectivity index is 4.00. The summed E-state index contributed by atoms with van der Waals surface area (Å²) in [6.07, 6.45) is 0.344. The zero-order valence-corrected chi connectivity index (χ0v) is 5.13. The Morgan fingerprint density at radius 2 is 2.33 bits per heavy atom. The number of carboxylic acid groups (broad SMARTS) is 1. The smallest absolute Gasteiger partial charge is 0.323 e. The monoisotopic (exact) mass is 131 g/mol. The minimum atomic E-state index is -1.40. The molecule has 0 aromatic rings. The van der Waals surface area contributed by atoms with E-state index < -0.39 is 11.5 Å². The summed E-state index contributed by atoms with van der Waals surface area (Å²) >= 11 is 0. The Kier molecular flexibility index (Phi) is 2.33. The molecule has 0 radical (unpaired) electrons. The van der Waals surface area contributed by atoms with Crippen molar-refractivity contribution in [2.24, 2.45) is 5.73 Å². The summed E-state index contributed by atoms with van der Waals surface area (Å²) in [5, 5.41) is 8.29. The quantitative estimate of drug-likeness (QED) is 0.500. The number of carbonyl (C=O) groups excluding carboxylic acids is 1. The van der Waals surface area contributed by atoms with Crippen LogP contribution < -0.4 is 5.73 Å². The molecular formula is C5H9NO3. The van der Waals surface area contributed by atoms with E-state index in [1.54, 1.807) is 0 Å². The summed E-state index contributed by atoms with van der Waals surface area (Å²) in [6, 6.07) is 0. The van der Waals surface area contributed by atoms with Crippen LogP contribution in [0.1, 0.15) is 13.3 Å². The Morgan fingerprint density at radius 1 is 1.89 bits per heavy atom. The number of nitrogens with two attached hydrogens (primary N) is 1. The Hall–Kier alpha value is -0.900. The van der Waals surface area contributed by atoms with Gasteiger partial charge in [0.2, 0.25) is 0 Å². The molecule has 52 valence electrons. The Bertz CT molecular complexity index is 130. The number of rotatable bonds is 3. The van der Waals surface area contributed by atoms with Crippen LogP contribution in [0, 0.1) is 0 Å². The largest absolute Gasteiger partial charge is 0.480 e. The lowest BCUT2D eigenvalue weighted by molar-refractivity contribution is -0.143. The first kappa shape index (κ1) is 8.10. The van der Waals surface area contributed by atoms with Gasteiger partial charge >= 0.3 is 5.97 Å². The van der Waals surface area contributed by atoms with Crippen LogP contribution in [0.2, 0.25) is 0 Å². The van der Waals surface area contributed by atoms with Crippen molar-refractivity contribution >= 4 is 12.3 Å². The van der Waals surface area contributed by atoms with Gasteiger partial charge in [-0.2, -0.15) is 0 Å². The van der Waals surface area contributed by atoms with Crippen LogP contribution in [0.15, 0.2) is 0 Å². The average molecular weight is 131 g/mol. The Labute approximate surface area is 52.7 Å². The topological polar surface area (TPSA) is 80.4 Å². The number of hydrogen-bond acceptors (Lipinski definition) is 3. The molecular weight excluding hydrogens is 122 g/mol. The molecule has 0 amide bonds. The first-order chi connectivity index (χ1) is 4.00. The summed E-state index contributed by atoms with van der Waals surface area (Å²) < 4.78 is 0. The highest BCUT2D eigenvalue weighted by Crippen LogP contribution is 2.01. The summed E-state index contributed by atoms with van der Waals surface area (Å²) in [5.41, 5.74) is 3.74. The van der Waals surface area contributed by atoms with Crippen LogP contribution in [0.5, 0.6) is 0 Å². The van der Waals surface area contributed by atoms with Crippen LogP contribution >= 0.6 is 0 Å². The van der Waals surface area contributed by atoms with Crippen LogP contribution in [-0.2, 0) is 9.59 Å². The van der Waals surface area contributed by atoms with E-state index in [2.05, 4.69) is 0 Å².